The molecule has 0 saturated carbocycles. The summed E-state index contributed by atoms with van der Waals surface area (Å²) in [5, 5.41) is 0. The van der Waals surface area contributed by atoms with Gasteiger partial charge >= 0.3 is 5.97 Å². The first-order chi connectivity index (χ1) is 16.4. The van der Waals surface area contributed by atoms with E-state index >= 15 is 0 Å². The maximum absolute atomic E-state index is 13.0. The highest BCUT2D eigenvalue weighted by Crippen LogP contribution is 2.27. The van der Waals surface area contributed by atoms with Gasteiger partial charge in [-0.2, -0.15) is 0 Å². The molecule has 1 saturated heterocycles. The molecule has 2 aromatic carbocycles. The molecule has 2 heterocycles. The molecule has 34 heavy (non-hydrogen) atoms. The zero-order valence-electron chi connectivity index (χ0n) is 19.5. The third kappa shape index (κ3) is 4.81. The number of hydrogen-bond donors (Lipinski definition) is 0. The zero-order chi connectivity index (χ0) is 24.2. The van der Waals surface area contributed by atoms with Gasteiger partial charge in [0.15, 0.2) is 6.61 Å². The number of anilines is 1. The molecule has 8 nitrogen and oxygen atoms in total. The van der Waals surface area contributed by atoms with Crippen LogP contribution in [0.15, 0.2) is 54.6 Å². The number of ether oxygens (including phenoxy) is 1. The van der Waals surface area contributed by atoms with Gasteiger partial charge in [0, 0.05) is 31.9 Å². The summed E-state index contributed by atoms with van der Waals surface area (Å²) in [5.74, 6) is -2.01. The number of hydrogen-bond acceptors (Lipinski definition) is 6. The number of piperazine rings is 1. The third-order valence-corrected chi connectivity index (χ3v) is 6.20. The Labute approximate surface area is 199 Å². The predicted molar refractivity (Wildman–Crippen MR) is 126 cm³/mol. The van der Waals surface area contributed by atoms with Crippen molar-refractivity contribution in [1.29, 1.82) is 0 Å². The van der Waals surface area contributed by atoms with Crippen LogP contribution >= 0.6 is 0 Å². The molecular weight excluding hydrogens is 434 g/mol. The Kier molecular flexibility index (Phi) is 6.95. The molecule has 0 spiro atoms. The highest BCUT2D eigenvalue weighted by molar-refractivity contribution is 6.22. The second-order valence-electron chi connectivity index (χ2n) is 8.98. The second kappa shape index (κ2) is 10.1. The monoisotopic (exact) mass is 463 g/mol. The molecule has 0 aromatic heterocycles. The quantitative estimate of drug-likeness (QED) is 0.463. The van der Waals surface area contributed by atoms with Crippen LogP contribution in [0.2, 0.25) is 0 Å². The number of imide groups is 1. The molecule has 1 fully saturated rings. The Morgan fingerprint density at radius 1 is 0.853 bits per heavy atom. The smallest absolute Gasteiger partial charge is 0.329 e. The normalized spacial score (nSPS) is 16.6. The Morgan fingerprint density at radius 2 is 1.41 bits per heavy atom. The first-order valence-corrected chi connectivity index (χ1v) is 11.6. The molecule has 2 aliphatic heterocycles. The van der Waals surface area contributed by atoms with Crippen LogP contribution in [-0.2, 0) is 14.3 Å². The molecule has 2 aromatic rings. The highest BCUT2D eigenvalue weighted by atomic mass is 16.5. The Morgan fingerprint density at radius 3 is 1.97 bits per heavy atom. The predicted octanol–water partition coefficient (Wildman–Crippen LogP) is 2.59. The maximum Gasteiger partial charge on any atom is 0.329 e. The lowest BCUT2D eigenvalue weighted by atomic mass is 10.0. The fourth-order valence-electron chi connectivity index (χ4n) is 4.42. The van der Waals surface area contributed by atoms with Gasteiger partial charge in [0.1, 0.15) is 6.04 Å². The lowest BCUT2D eigenvalue weighted by Gasteiger charge is -2.36. The largest absolute Gasteiger partial charge is 0.454 e. The van der Waals surface area contributed by atoms with Crippen molar-refractivity contribution in [2.75, 3.05) is 37.7 Å². The van der Waals surface area contributed by atoms with Crippen LogP contribution in [0.4, 0.5) is 5.69 Å². The van der Waals surface area contributed by atoms with Gasteiger partial charge in [0.25, 0.3) is 17.7 Å². The summed E-state index contributed by atoms with van der Waals surface area (Å²) >= 11 is 0. The summed E-state index contributed by atoms with van der Waals surface area (Å²) in [5.41, 5.74) is 1.67. The third-order valence-electron chi connectivity index (χ3n) is 6.20. The van der Waals surface area contributed by atoms with E-state index in [1.54, 1.807) is 29.2 Å². The molecule has 1 atom stereocenters. The van der Waals surface area contributed by atoms with Crippen molar-refractivity contribution >= 4 is 29.4 Å². The van der Waals surface area contributed by atoms with Gasteiger partial charge in [-0.05, 0) is 36.6 Å². The summed E-state index contributed by atoms with van der Waals surface area (Å²) in [6.07, 6.45) is 0.258. The minimum atomic E-state index is -1.07. The topological polar surface area (TPSA) is 87.2 Å². The second-order valence-corrected chi connectivity index (χ2v) is 8.98. The molecule has 0 N–H and O–H groups in total. The van der Waals surface area contributed by atoms with Crippen molar-refractivity contribution in [3.63, 3.8) is 0 Å². The van der Waals surface area contributed by atoms with E-state index in [9.17, 15) is 19.2 Å². The van der Waals surface area contributed by atoms with Crippen LogP contribution < -0.4 is 4.90 Å². The van der Waals surface area contributed by atoms with Crippen LogP contribution in [0.3, 0.4) is 0 Å². The highest BCUT2D eigenvalue weighted by Gasteiger charge is 2.43. The summed E-state index contributed by atoms with van der Waals surface area (Å²) < 4.78 is 5.35. The molecule has 4 rings (SSSR count). The van der Waals surface area contributed by atoms with Crippen LogP contribution in [-0.4, -0.2) is 72.3 Å². The number of carbonyl (C=O) groups excluding carboxylic acids is 4. The standard InChI is InChI=1S/C26H29N3O5/c1-18(2)16-22(29-24(31)20-10-6-7-11-21(20)25(29)32)26(33)34-17-23(30)28-14-12-27(13-15-28)19-8-4-3-5-9-19/h3-11,18,22H,12-17H2,1-2H3/t22-/m0/s1. The van der Waals surface area contributed by atoms with E-state index in [1.165, 1.54) is 0 Å². The average Bonchev–Trinajstić information content (AvgIpc) is 3.11. The summed E-state index contributed by atoms with van der Waals surface area (Å²) in [4.78, 5) is 56.3. The van der Waals surface area contributed by atoms with Gasteiger partial charge in [-0.25, -0.2) is 4.79 Å². The van der Waals surface area contributed by atoms with E-state index in [-0.39, 0.29) is 29.4 Å². The summed E-state index contributed by atoms with van der Waals surface area (Å²) in [6, 6.07) is 15.4. The number of para-hydroxylation sites is 1. The number of carbonyl (C=O) groups is 4. The molecule has 8 heteroatoms. The van der Waals surface area contributed by atoms with E-state index in [2.05, 4.69) is 4.90 Å². The fraction of sp³-hybridized carbons (Fsp3) is 0.385. The molecule has 0 aliphatic carbocycles. The van der Waals surface area contributed by atoms with Crippen LogP contribution in [0.1, 0.15) is 41.0 Å². The van der Waals surface area contributed by atoms with E-state index in [4.69, 9.17) is 4.74 Å². The van der Waals surface area contributed by atoms with Crippen molar-refractivity contribution in [2.24, 2.45) is 5.92 Å². The first kappa shape index (κ1) is 23.5. The average molecular weight is 464 g/mol. The first-order valence-electron chi connectivity index (χ1n) is 11.6. The van der Waals surface area contributed by atoms with Crippen molar-refractivity contribution in [1.82, 2.24) is 9.80 Å². The molecule has 2 aliphatic rings. The van der Waals surface area contributed by atoms with Crippen LogP contribution in [0, 0.1) is 5.92 Å². The van der Waals surface area contributed by atoms with Gasteiger partial charge in [0.2, 0.25) is 0 Å². The maximum atomic E-state index is 13.0. The molecule has 0 bridgehead atoms. The summed E-state index contributed by atoms with van der Waals surface area (Å²) in [6.45, 7) is 5.81. The molecule has 0 radical (unpaired) electrons. The molecule has 178 valence electrons. The Bertz CT molecular complexity index is 1040. The van der Waals surface area contributed by atoms with E-state index in [1.807, 2.05) is 44.2 Å². The molecule has 0 unspecified atom stereocenters. The zero-order valence-corrected chi connectivity index (χ0v) is 19.5. The fourth-order valence-corrected chi connectivity index (χ4v) is 4.42. The number of nitrogens with zero attached hydrogens (tertiary/aromatic N) is 3. The van der Waals surface area contributed by atoms with E-state index < -0.39 is 30.4 Å². The van der Waals surface area contributed by atoms with Gasteiger partial charge in [-0.3, -0.25) is 19.3 Å². The number of fused-ring (bicyclic) bond motifs is 1. The van der Waals surface area contributed by atoms with Crippen LogP contribution in [0.25, 0.3) is 0 Å². The number of rotatable bonds is 7. The van der Waals surface area contributed by atoms with Crippen molar-refractivity contribution < 1.29 is 23.9 Å². The van der Waals surface area contributed by atoms with Crippen molar-refractivity contribution in [3.05, 3.63) is 65.7 Å². The Hall–Kier alpha value is -3.68. The Balaban J connectivity index is 1.36. The number of amides is 3. The number of benzene rings is 2. The SMILES string of the molecule is CC(C)C[C@@H](C(=O)OCC(=O)N1CCN(c2ccccc2)CC1)N1C(=O)c2ccccc2C1=O. The van der Waals surface area contributed by atoms with E-state index in [0.29, 0.717) is 26.2 Å². The van der Waals surface area contributed by atoms with E-state index in [0.717, 1.165) is 10.6 Å². The van der Waals surface area contributed by atoms with Gasteiger partial charge in [0.05, 0.1) is 11.1 Å². The summed E-state index contributed by atoms with van der Waals surface area (Å²) in [7, 11) is 0. The van der Waals surface area contributed by atoms with Crippen molar-refractivity contribution in [3.8, 4) is 0 Å². The molecular formula is C26H29N3O5. The minimum Gasteiger partial charge on any atom is -0.454 e. The van der Waals surface area contributed by atoms with Gasteiger partial charge < -0.3 is 14.5 Å². The lowest BCUT2D eigenvalue weighted by Crippen LogP contribution is -2.51. The molecule has 3 amide bonds. The number of esters is 1. The minimum absolute atomic E-state index is 0.0311. The van der Waals surface area contributed by atoms with Crippen molar-refractivity contribution in [2.45, 2.75) is 26.3 Å². The van der Waals surface area contributed by atoms with Gasteiger partial charge in [-0.15, -0.1) is 0 Å². The van der Waals surface area contributed by atoms with Gasteiger partial charge in [-0.1, -0.05) is 44.2 Å². The lowest BCUT2D eigenvalue weighted by molar-refractivity contribution is -0.155. The van der Waals surface area contributed by atoms with Crippen LogP contribution in [0.5, 0.6) is 0 Å².